The molecule has 0 bridgehead atoms. The lowest BCUT2D eigenvalue weighted by molar-refractivity contribution is 1.35. The lowest BCUT2D eigenvalue weighted by atomic mass is 9.92. The van der Waals surface area contributed by atoms with Crippen LogP contribution in [0, 0.1) is 6.92 Å². The number of pyridine rings is 1. The number of aromatic nitrogens is 1. The molecule has 1 nitrogen and oxygen atoms in total. The largest absolute Gasteiger partial charge is 0.256 e. The van der Waals surface area contributed by atoms with Crippen LogP contribution in [0.2, 0.25) is 0 Å². The van der Waals surface area contributed by atoms with Gasteiger partial charge < -0.3 is 0 Å². The summed E-state index contributed by atoms with van der Waals surface area (Å²) >= 11 is 0. The summed E-state index contributed by atoms with van der Waals surface area (Å²) in [7, 11) is 0. The van der Waals surface area contributed by atoms with E-state index in [0.29, 0.717) is 0 Å². The van der Waals surface area contributed by atoms with Crippen molar-refractivity contribution < 1.29 is 0 Å². The molecule has 0 radical (unpaired) electrons. The number of aryl methyl sites for hydroxylation is 1. The molecule has 0 amide bonds. The zero-order chi connectivity index (χ0) is 19.4. The molecule has 0 saturated heterocycles. The highest BCUT2D eigenvalue weighted by Crippen LogP contribution is 2.38. The lowest BCUT2D eigenvalue weighted by Gasteiger charge is -2.14. The minimum atomic E-state index is 1.03. The van der Waals surface area contributed by atoms with Crippen LogP contribution >= 0.6 is 0 Å². The number of hydrogen-bond donors (Lipinski definition) is 0. The molecule has 5 aromatic carbocycles. The Bertz CT molecular complexity index is 1520. The second kappa shape index (κ2) is 6.15. The molecule has 0 unspecified atom stereocenters. The van der Waals surface area contributed by atoms with Crippen molar-refractivity contribution in [3.63, 3.8) is 0 Å². The third-order valence-electron chi connectivity index (χ3n) is 6.02. The Morgan fingerprint density at radius 3 is 1.76 bits per heavy atom. The topological polar surface area (TPSA) is 12.9 Å². The first-order valence-electron chi connectivity index (χ1n) is 9.99. The highest BCUT2D eigenvalue weighted by molar-refractivity contribution is 6.25. The highest BCUT2D eigenvalue weighted by atomic mass is 14.7. The van der Waals surface area contributed by atoms with Crippen molar-refractivity contribution in [2.75, 3.05) is 0 Å². The van der Waals surface area contributed by atoms with E-state index in [0.717, 1.165) is 5.69 Å². The molecule has 29 heavy (non-hydrogen) atoms. The third kappa shape index (κ3) is 2.37. The molecular weight excluding hydrogens is 350 g/mol. The lowest BCUT2D eigenvalue weighted by Crippen LogP contribution is -1.91. The van der Waals surface area contributed by atoms with Crippen molar-refractivity contribution in [3.05, 3.63) is 103 Å². The summed E-state index contributed by atoms with van der Waals surface area (Å²) in [5.41, 5.74) is 3.51. The van der Waals surface area contributed by atoms with E-state index in [1.807, 2.05) is 0 Å². The maximum absolute atomic E-state index is 4.95. The van der Waals surface area contributed by atoms with Crippen LogP contribution in [0.1, 0.15) is 5.56 Å². The molecule has 0 N–H and O–H groups in total. The van der Waals surface area contributed by atoms with E-state index in [-0.39, 0.29) is 0 Å². The fraction of sp³-hybridized carbons (Fsp3) is 0.0357. The predicted molar refractivity (Wildman–Crippen MR) is 124 cm³/mol. The standard InChI is InChI=1S/C28H19N/c1-18-14-15-19-8-2-3-9-20(19)28(18)27-16-25-23-12-6-4-10-21(23)22-11-5-7-13-24(22)26(25)17-29-27/h2-17H,1H3. The van der Waals surface area contributed by atoms with E-state index in [4.69, 9.17) is 4.98 Å². The number of rotatable bonds is 1. The second-order valence-electron chi connectivity index (χ2n) is 7.68. The van der Waals surface area contributed by atoms with Gasteiger partial charge in [-0.2, -0.15) is 0 Å². The van der Waals surface area contributed by atoms with Gasteiger partial charge in [-0.25, -0.2) is 0 Å². The van der Waals surface area contributed by atoms with Gasteiger partial charge >= 0.3 is 0 Å². The molecule has 0 saturated carbocycles. The molecule has 6 aromatic rings. The molecule has 0 spiro atoms. The second-order valence-corrected chi connectivity index (χ2v) is 7.68. The van der Waals surface area contributed by atoms with Crippen molar-refractivity contribution in [2.24, 2.45) is 0 Å². The van der Waals surface area contributed by atoms with Gasteiger partial charge in [0.05, 0.1) is 5.69 Å². The Morgan fingerprint density at radius 1 is 0.517 bits per heavy atom. The van der Waals surface area contributed by atoms with Crippen LogP contribution in [0.25, 0.3) is 54.3 Å². The summed E-state index contributed by atoms with van der Waals surface area (Å²) < 4.78 is 0. The number of benzene rings is 5. The van der Waals surface area contributed by atoms with Gasteiger partial charge in [0.2, 0.25) is 0 Å². The summed E-state index contributed by atoms with van der Waals surface area (Å²) in [4.78, 5) is 4.95. The normalized spacial score (nSPS) is 11.6. The number of hydrogen-bond acceptors (Lipinski definition) is 1. The average Bonchev–Trinajstić information content (AvgIpc) is 2.79. The molecule has 0 aliphatic heterocycles. The third-order valence-corrected chi connectivity index (χ3v) is 6.02. The van der Waals surface area contributed by atoms with Gasteiger partial charge in [-0.1, -0.05) is 84.9 Å². The van der Waals surface area contributed by atoms with Gasteiger partial charge in [-0.3, -0.25) is 4.98 Å². The first-order chi connectivity index (χ1) is 14.3. The SMILES string of the molecule is Cc1ccc2ccccc2c1-c1cc2c3ccccc3c3ccccc3c2cn1. The molecule has 1 heteroatoms. The first-order valence-corrected chi connectivity index (χ1v) is 9.99. The smallest absolute Gasteiger partial charge is 0.0717 e. The molecule has 0 fully saturated rings. The van der Waals surface area contributed by atoms with Crippen molar-refractivity contribution in [1.29, 1.82) is 0 Å². The van der Waals surface area contributed by atoms with Gasteiger partial charge in [0.25, 0.3) is 0 Å². The maximum atomic E-state index is 4.95. The number of fused-ring (bicyclic) bond motifs is 7. The van der Waals surface area contributed by atoms with Crippen LogP contribution in [0.3, 0.4) is 0 Å². The summed E-state index contributed by atoms with van der Waals surface area (Å²) in [5.74, 6) is 0. The molecule has 0 atom stereocenters. The van der Waals surface area contributed by atoms with E-state index in [1.54, 1.807) is 0 Å². The van der Waals surface area contributed by atoms with Crippen LogP contribution in [-0.4, -0.2) is 4.98 Å². The summed E-state index contributed by atoms with van der Waals surface area (Å²) in [5, 5.41) is 10.1. The van der Waals surface area contributed by atoms with Crippen molar-refractivity contribution in [1.82, 2.24) is 4.98 Å². The van der Waals surface area contributed by atoms with Gasteiger partial charge in [-0.15, -0.1) is 0 Å². The van der Waals surface area contributed by atoms with E-state index in [9.17, 15) is 0 Å². The number of nitrogens with zero attached hydrogens (tertiary/aromatic N) is 1. The summed E-state index contributed by atoms with van der Waals surface area (Å²) in [6, 6.07) is 32.6. The van der Waals surface area contributed by atoms with E-state index in [1.165, 1.54) is 54.2 Å². The Balaban J connectivity index is 1.77. The fourth-order valence-corrected chi connectivity index (χ4v) is 4.66. The Kier molecular flexibility index (Phi) is 3.45. The summed E-state index contributed by atoms with van der Waals surface area (Å²) in [6.07, 6.45) is 2.06. The minimum Gasteiger partial charge on any atom is -0.256 e. The molecule has 1 aromatic heterocycles. The zero-order valence-electron chi connectivity index (χ0n) is 16.2. The zero-order valence-corrected chi connectivity index (χ0v) is 16.2. The molecule has 6 rings (SSSR count). The minimum absolute atomic E-state index is 1.03. The molecule has 1 heterocycles. The van der Waals surface area contributed by atoms with Gasteiger partial charge in [0, 0.05) is 17.1 Å². The highest BCUT2D eigenvalue weighted by Gasteiger charge is 2.13. The summed E-state index contributed by atoms with van der Waals surface area (Å²) in [6.45, 7) is 2.17. The van der Waals surface area contributed by atoms with E-state index in [2.05, 4.69) is 104 Å². The van der Waals surface area contributed by atoms with Crippen LogP contribution < -0.4 is 0 Å². The van der Waals surface area contributed by atoms with Crippen molar-refractivity contribution in [3.8, 4) is 11.3 Å². The first kappa shape index (κ1) is 16.3. The monoisotopic (exact) mass is 369 g/mol. The Labute approximate surface area is 169 Å². The molecular formula is C28H19N. The van der Waals surface area contributed by atoms with Gasteiger partial charge in [0.15, 0.2) is 0 Å². The van der Waals surface area contributed by atoms with E-state index < -0.39 is 0 Å². The van der Waals surface area contributed by atoms with Gasteiger partial charge in [-0.05, 0) is 56.3 Å². The van der Waals surface area contributed by atoms with Crippen molar-refractivity contribution >= 4 is 43.1 Å². The van der Waals surface area contributed by atoms with Crippen LogP contribution in [0.4, 0.5) is 0 Å². The molecule has 0 aliphatic rings. The van der Waals surface area contributed by atoms with Gasteiger partial charge in [0.1, 0.15) is 0 Å². The van der Waals surface area contributed by atoms with Crippen LogP contribution in [0.15, 0.2) is 97.2 Å². The molecule has 0 aliphatic carbocycles. The van der Waals surface area contributed by atoms with Crippen molar-refractivity contribution in [2.45, 2.75) is 6.92 Å². The average molecular weight is 369 g/mol. The predicted octanol–water partition coefficient (Wildman–Crippen LogP) is 7.67. The fourth-order valence-electron chi connectivity index (χ4n) is 4.66. The van der Waals surface area contributed by atoms with E-state index >= 15 is 0 Å². The van der Waals surface area contributed by atoms with Crippen LogP contribution in [0.5, 0.6) is 0 Å². The Hall–Kier alpha value is -3.71. The van der Waals surface area contributed by atoms with Crippen LogP contribution in [-0.2, 0) is 0 Å². The maximum Gasteiger partial charge on any atom is 0.0717 e. The Morgan fingerprint density at radius 2 is 1.07 bits per heavy atom. The quantitative estimate of drug-likeness (QED) is 0.271. The molecule has 136 valence electrons.